The number of aliphatic hydroxyl groups is 1. The summed E-state index contributed by atoms with van der Waals surface area (Å²) in [5.41, 5.74) is 0.517. The molecule has 10 heteroatoms. The summed E-state index contributed by atoms with van der Waals surface area (Å²) in [6.07, 6.45) is 4.41. The number of carbonyl (C=O) groups excluding carboxylic acids is 3. The van der Waals surface area contributed by atoms with Crippen molar-refractivity contribution in [2.24, 2.45) is 28.4 Å². The fourth-order valence-corrected chi connectivity index (χ4v) is 8.56. The summed E-state index contributed by atoms with van der Waals surface area (Å²) in [7, 11) is 0. The second-order valence-electron chi connectivity index (χ2n) is 12.8. The molecule has 0 unspecified atom stereocenters. The van der Waals surface area contributed by atoms with Gasteiger partial charge in [0.1, 0.15) is 0 Å². The molecule has 0 aromatic heterocycles. The maximum absolute atomic E-state index is 17.4. The Hall–Kier alpha value is -2.14. The van der Waals surface area contributed by atoms with Crippen molar-refractivity contribution in [3.05, 3.63) is 23.8 Å². The molecule has 0 aromatic carbocycles. The van der Waals surface area contributed by atoms with Crippen LogP contribution >= 0.6 is 0 Å². The van der Waals surface area contributed by atoms with E-state index < -0.39 is 64.5 Å². The van der Waals surface area contributed by atoms with Crippen LogP contribution in [0.5, 0.6) is 0 Å². The number of aliphatic hydroxyl groups excluding tert-OH is 1. The Bertz CT molecular complexity index is 1120. The Labute approximate surface area is 228 Å². The molecule has 4 fully saturated rings. The number of unbranched alkanes of at least 4 members (excludes halogenated alkanes) is 1. The van der Waals surface area contributed by atoms with Gasteiger partial charge in [-0.2, -0.15) is 0 Å². The molecule has 5 rings (SSSR count). The Balaban J connectivity index is 1.45. The van der Waals surface area contributed by atoms with E-state index in [1.54, 1.807) is 26.8 Å². The van der Waals surface area contributed by atoms with Crippen LogP contribution in [0, 0.1) is 22.7 Å². The second kappa shape index (κ2) is 9.46. The van der Waals surface area contributed by atoms with Crippen LogP contribution < -0.4 is 11.1 Å². The van der Waals surface area contributed by atoms with Gasteiger partial charge in [-0.3, -0.25) is 9.59 Å². The first-order chi connectivity index (χ1) is 18.2. The molecular formula is C29H41FN2O7. The fraction of sp³-hybridized carbons (Fsp3) is 0.759. The largest absolute Gasteiger partial charge is 0.441 e. The zero-order valence-electron chi connectivity index (χ0n) is 23.3. The molecule has 4 aliphatic carbocycles. The van der Waals surface area contributed by atoms with Crippen molar-refractivity contribution < 1.29 is 38.1 Å². The number of carbonyl (C=O) groups is 3. The first-order valence-corrected chi connectivity index (χ1v) is 14.1. The number of hydrogen-bond acceptors (Lipinski definition) is 8. The van der Waals surface area contributed by atoms with Crippen LogP contribution in [0.4, 0.5) is 9.18 Å². The van der Waals surface area contributed by atoms with E-state index in [4.69, 9.17) is 19.9 Å². The molecule has 216 valence electrons. The maximum atomic E-state index is 17.4. The van der Waals surface area contributed by atoms with E-state index in [9.17, 15) is 19.5 Å². The lowest BCUT2D eigenvalue weighted by molar-refractivity contribution is -0.246. The van der Waals surface area contributed by atoms with Crippen LogP contribution in [-0.2, 0) is 23.8 Å². The summed E-state index contributed by atoms with van der Waals surface area (Å²) in [6, 6.07) is 0. The van der Waals surface area contributed by atoms with Crippen LogP contribution in [-0.4, -0.2) is 71.7 Å². The number of rotatable bonds is 7. The van der Waals surface area contributed by atoms with Gasteiger partial charge in [0.2, 0.25) is 5.78 Å². The lowest BCUT2D eigenvalue weighted by Gasteiger charge is -2.62. The minimum atomic E-state index is -2.03. The van der Waals surface area contributed by atoms with Crippen LogP contribution in [0.2, 0.25) is 0 Å². The SMILES string of the molecule is CC1(C)O[C@@H]2C[C@H]3[C@@H]4CCC5=CC(=O)C=C[C@]5(C)[C@@]4(F)[C@@H](O)C[C@]3(C)[C@]2(C(=O)COC(=O)NCCCCN)O1. The molecule has 1 aliphatic heterocycles. The zero-order chi connectivity index (χ0) is 28.4. The number of ether oxygens (including phenoxy) is 3. The number of hydrogen-bond donors (Lipinski definition) is 3. The quantitative estimate of drug-likeness (QED) is 0.413. The summed E-state index contributed by atoms with van der Waals surface area (Å²) in [6.45, 7) is 7.46. The molecule has 0 radical (unpaired) electrons. The summed E-state index contributed by atoms with van der Waals surface area (Å²) in [5.74, 6) is -2.65. The summed E-state index contributed by atoms with van der Waals surface area (Å²) < 4.78 is 35.4. The highest BCUT2D eigenvalue weighted by molar-refractivity contribution is 6.01. The number of allylic oxidation sites excluding steroid dienone is 4. The van der Waals surface area contributed by atoms with Crippen LogP contribution in [0.15, 0.2) is 23.8 Å². The molecule has 1 amide bonds. The number of Topliss-reactive ketones (excluding diaryl/α,β-unsaturated/α-hetero) is 1. The van der Waals surface area contributed by atoms with E-state index in [1.165, 1.54) is 12.2 Å². The third-order valence-electron chi connectivity index (χ3n) is 10.3. The van der Waals surface area contributed by atoms with Crippen molar-refractivity contribution in [2.45, 2.75) is 95.5 Å². The fourth-order valence-electron chi connectivity index (χ4n) is 8.56. The van der Waals surface area contributed by atoms with Gasteiger partial charge in [0.25, 0.3) is 0 Å². The Morgan fingerprint density at radius 3 is 2.69 bits per heavy atom. The van der Waals surface area contributed by atoms with Gasteiger partial charge >= 0.3 is 6.09 Å². The topological polar surface area (TPSA) is 137 Å². The lowest BCUT2D eigenvalue weighted by Crippen LogP contribution is -2.70. The number of alkyl carbamates (subject to hydrolysis) is 1. The van der Waals surface area contributed by atoms with Crippen molar-refractivity contribution >= 4 is 17.7 Å². The van der Waals surface area contributed by atoms with Crippen molar-refractivity contribution in [2.75, 3.05) is 19.7 Å². The van der Waals surface area contributed by atoms with Crippen LogP contribution in [0.25, 0.3) is 0 Å². The molecule has 5 aliphatic rings. The molecule has 0 spiro atoms. The second-order valence-corrected chi connectivity index (χ2v) is 12.8. The van der Waals surface area contributed by atoms with E-state index in [1.807, 2.05) is 6.92 Å². The van der Waals surface area contributed by atoms with Crippen molar-refractivity contribution in [1.29, 1.82) is 0 Å². The molecule has 4 N–H and O–H groups in total. The highest BCUT2D eigenvalue weighted by atomic mass is 19.1. The smallest absolute Gasteiger partial charge is 0.407 e. The van der Waals surface area contributed by atoms with E-state index in [0.29, 0.717) is 44.3 Å². The Kier molecular flexibility index (Phi) is 6.89. The number of fused-ring (bicyclic) bond motifs is 7. The average Bonchev–Trinajstić information content (AvgIpc) is 3.27. The molecule has 1 heterocycles. The Morgan fingerprint density at radius 1 is 1.23 bits per heavy atom. The van der Waals surface area contributed by atoms with E-state index >= 15 is 4.39 Å². The number of amides is 1. The van der Waals surface area contributed by atoms with Gasteiger partial charge in [0, 0.05) is 23.3 Å². The normalized spacial score (nSPS) is 43.6. The molecular weight excluding hydrogens is 507 g/mol. The standard InChI is InChI=1S/C29H41FN2O7/c1-25(2)38-23-14-20-19-8-7-17-13-18(33)9-10-26(17,3)28(19,30)21(34)15-27(20,4)29(23,39-25)22(35)16-37-24(36)32-12-6-5-11-31/h9-10,13,19-21,23,34H,5-8,11-12,14-16,31H2,1-4H3,(H,32,36)/t19-,20-,21-,23+,26-,27-,28-,29+/m0/s1. The van der Waals surface area contributed by atoms with Crippen LogP contribution in [0.1, 0.15) is 66.2 Å². The molecule has 0 bridgehead atoms. The van der Waals surface area contributed by atoms with E-state index in [0.717, 1.165) is 6.42 Å². The van der Waals surface area contributed by atoms with Gasteiger partial charge in [-0.25, -0.2) is 9.18 Å². The molecule has 39 heavy (non-hydrogen) atoms. The maximum Gasteiger partial charge on any atom is 0.407 e. The number of alkyl halides is 1. The van der Waals surface area contributed by atoms with E-state index in [-0.39, 0.29) is 18.1 Å². The molecule has 3 saturated carbocycles. The third-order valence-corrected chi connectivity index (χ3v) is 10.3. The van der Waals surface area contributed by atoms with Gasteiger partial charge in [-0.05, 0) is 83.9 Å². The number of nitrogens with two attached hydrogens (primary N) is 1. The lowest BCUT2D eigenvalue weighted by atomic mass is 9.44. The summed E-state index contributed by atoms with van der Waals surface area (Å²) in [4.78, 5) is 38.3. The minimum Gasteiger partial charge on any atom is -0.441 e. The first kappa shape index (κ1) is 28.4. The summed E-state index contributed by atoms with van der Waals surface area (Å²) in [5, 5.41) is 14.2. The monoisotopic (exact) mass is 548 g/mol. The highest BCUT2D eigenvalue weighted by Gasteiger charge is 2.80. The van der Waals surface area contributed by atoms with Gasteiger partial charge in [0.15, 0.2) is 29.4 Å². The van der Waals surface area contributed by atoms with Crippen molar-refractivity contribution in [3.8, 4) is 0 Å². The van der Waals surface area contributed by atoms with Gasteiger partial charge in [-0.1, -0.05) is 18.6 Å². The predicted octanol–water partition coefficient (Wildman–Crippen LogP) is 2.89. The first-order valence-electron chi connectivity index (χ1n) is 14.1. The number of nitrogens with one attached hydrogen (secondary N) is 1. The number of ketones is 2. The molecule has 9 nitrogen and oxygen atoms in total. The average molecular weight is 549 g/mol. The van der Waals surface area contributed by atoms with Crippen LogP contribution in [0.3, 0.4) is 0 Å². The van der Waals surface area contributed by atoms with E-state index in [2.05, 4.69) is 5.32 Å². The third kappa shape index (κ3) is 3.96. The summed E-state index contributed by atoms with van der Waals surface area (Å²) >= 11 is 0. The van der Waals surface area contributed by atoms with Gasteiger partial charge < -0.3 is 30.4 Å². The molecule has 8 atom stereocenters. The highest BCUT2D eigenvalue weighted by Crippen LogP contribution is 2.72. The molecule has 0 aromatic rings. The van der Waals surface area contributed by atoms with Gasteiger partial charge in [0.05, 0.1) is 12.2 Å². The zero-order valence-corrected chi connectivity index (χ0v) is 23.3. The van der Waals surface area contributed by atoms with Gasteiger partial charge in [-0.15, -0.1) is 0 Å². The minimum absolute atomic E-state index is 0.0394. The molecule has 1 saturated heterocycles. The van der Waals surface area contributed by atoms with Crippen molar-refractivity contribution in [3.63, 3.8) is 0 Å². The van der Waals surface area contributed by atoms with Crippen molar-refractivity contribution in [1.82, 2.24) is 5.32 Å². The number of halogens is 1. The Morgan fingerprint density at radius 2 is 1.97 bits per heavy atom. The predicted molar refractivity (Wildman–Crippen MR) is 139 cm³/mol.